The third-order valence-corrected chi connectivity index (χ3v) is 4.52. The Kier molecular flexibility index (Phi) is 4.44. The highest BCUT2D eigenvalue weighted by molar-refractivity contribution is 6.21. The molecule has 0 radical (unpaired) electrons. The van der Waals surface area contributed by atoms with Crippen LogP contribution in [-0.4, -0.2) is 43.9 Å². The van der Waals surface area contributed by atoms with Crippen LogP contribution in [0.15, 0.2) is 55.1 Å². The SMILES string of the molecule is Cc1ccc2c(c1)C(=O)N(CCC(=O)Nc1ccc(-n3cncn3)cc1)C2=O. The minimum Gasteiger partial charge on any atom is -0.326 e. The first kappa shape index (κ1) is 17.6. The number of hydrogen-bond donors (Lipinski definition) is 1. The Labute approximate surface area is 160 Å². The zero-order valence-corrected chi connectivity index (χ0v) is 15.1. The van der Waals surface area contributed by atoms with Gasteiger partial charge in [0.25, 0.3) is 11.8 Å². The summed E-state index contributed by atoms with van der Waals surface area (Å²) in [4.78, 5) is 42.1. The van der Waals surface area contributed by atoms with Gasteiger partial charge in [-0.1, -0.05) is 11.6 Å². The van der Waals surface area contributed by atoms with E-state index >= 15 is 0 Å². The van der Waals surface area contributed by atoms with Gasteiger partial charge in [0.2, 0.25) is 5.91 Å². The fourth-order valence-electron chi connectivity index (χ4n) is 3.08. The normalized spacial score (nSPS) is 13.0. The molecule has 4 rings (SSSR count). The van der Waals surface area contributed by atoms with Crippen molar-refractivity contribution in [1.29, 1.82) is 0 Å². The predicted octanol–water partition coefficient (Wildman–Crippen LogP) is 2.20. The van der Waals surface area contributed by atoms with Crippen molar-refractivity contribution in [2.24, 2.45) is 0 Å². The molecule has 0 saturated heterocycles. The number of hydrogen-bond acceptors (Lipinski definition) is 5. The minimum atomic E-state index is -0.356. The van der Waals surface area contributed by atoms with Gasteiger partial charge in [-0.2, -0.15) is 5.10 Å². The highest BCUT2D eigenvalue weighted by Crippen LogP contribution is 2.24. The van der Waals surface area contributed by atoms with E-state index in [1.807, 2.05) is 6.92 Å². The molecule has 1 aromatic heterocycles. The number of nitrogens with one attached hydrogen (secondary N) is 1. The van der Waals surface area contributed by atoms with Crippen LogP contribution in [0.2, 0.25) is 0 Å². The molecule has 1 aliphatic rings. The van der Waals surface area contributed by atoms with E-state index in [0.717, 1.165) is 16.2 Å². The van der Waals surface area contributed by atoms with Gasteiger partial charge in [0.1, 0.15) is 12.7 Å². The first-order valence-electron chi connectivity index (χ1n) is 8.75. The van der Waals surface area contributed by atoms with E-state index in [-0.39, 0.29) is 30.7 Å². The van der Waals surface area contributed by atoms with E-state index in [4.69, 9.17) is 0 Å². The van der Waals surface area contributed by atoms with Gasteiger partial charge in [-0.3, -0.25) is 19.3 Å². The number of rotatable bonds is 5. The number of benzene rings is 2. The lowest BCUT2D eigenvalue weighted by Gasteiger charge is -2.13. The molecule has 1 N–H and O–H groups in total. The van der Waals surface area contributed by atoms with E-state index < -0.39 is 0 Å². The molecule has 2 aromatic carbocycles. The summed E-state index contributed by atoms with van der Waals surface area (Å²) in [5.74, 6) is -0.986. The average molecular weight is 375 g/mol. The number of aryl methyl sites for hydroxylation is 1. The number of aromatic nitrogens is 3. The molecule has 3 aromatic rings. The molecule has 140 valence electrons. The number of carbonyl (C=O) groups is 3. The van der Waals surface area contributed by atoms with Crippen molar-refractivity contribution in [3.05, 3.63) is 71.8 Å². The van der Waals surface area contributed by atoms with Crippen molar-refractivity contribution in [2.75, 3.05) is 11.9 Å². The van der Waals surface area contributed by atoms with E-state index in [9.17, 15) is 14.4 Å². The second kappa shape index (κ2) is 7.07. The Bertz CT molecular complexity index is 1060. The first-order chi connectivity index (χ1) is 13.5. The zero-order chi connectivity index (χ0) is 19.7. The van der Waals surface area contributed by atoms with Crippen molar-refractivity contribution in [3.8, 4) is 5.69 Å². The van der Waals surface area contributed by atoms with Crippen LogP contribution in [0.4, 0.5) is 5.69 Å². The Morgan fingerprint density at radius 1 is 1.04 bits per heavy atom. The van der Waals surface area contributed by atoms with E-state index in [2.05, 4.69) is 15.4 Å². The minimum absolute atomic E-state index is 0.0231. The fraction of sp³-hybridized carbons (Fsp3) is 0.150. The van der Waals surface area contributed by atoms with Gasteiger partial charge in [-0.15, -0.1) is 0 Å². The van der Waals surface area contributed by atoms with Crippen molar-refractivity contribution >= 4 is 23.4 Å². The molecule has 0 unspecified atom stereocenters. The third kappa shape index (κ3) is 3.27. The monoisotopic (exact) mass is 375 g/mol. The molecule has 0 spiro atoms. The topological polar surface area (TPSA) is 97.2 Å². The zero-order valence-electron chi connectivity index (χ0n) is 15.1. The smallest absolute Gasteiger partial charge is 0.261 e. The summed E-state index contributed by atoms with van der Waals surface area (Å²) in [7, 11) is 0. The maximum atomic E-state index is 12.4. The maximum absolute atomic E-state index is 12.4. The Hall–Kier alpha value is -3.81. The third-order valence-electron chi connectivity index (χ3n) is 4.52. The summed E-state index contributed by atoms with van der Waals surface area (Å²) in [6, 6.07) is 12.3. The van der Waals surface area contributed by atoms with Crippen LogP contribution in [0, 0.1) is 6.92 Å². The van der Waals surface area contributed by atoms with E-state index in [0.29, 0.717) is 16.8 Å². The number of carbonyl (C=O) groups excluding carboxylic acids is 3. The molecule has 0 bridgehead atoms. The molecule has 28 heavy (non-hydrogen) atoms. The van der Waals surface area contributed by atoms with Crippen LogP contribution in [-0.2, 0) is 4.79 Å². The molecule has 8 nitrogen and oxygen atoms in total. The van der Waals surface area contributed by atoms with Gasteiger partial charge in [0, 0.05) is 18.7 Å². The average Bonchev–Trinajstić information content (AvgIpc) is 3.29. The van der Waals surface area contributed by atoms with Crippen LogP contribution in [0.3, 0.4) is 0 Å². The maximum Gasteiger partial charge on any atom is 0.261 e. The molecule has 8 heteroatoms. The first-order valence-corrected chi connectivity index (χ1v) is 8.75. The van der Waals surface area contributed by atoms with Crippen molar-refractivity contribution in [1.82, 2.24) is 19.7 Å². The fourth-order valence-corrected chi connectivity index (χ4v) is 3.08. The van der Waals surface area contributed by atoms with Crippen LogP contribution in [0.25, 0.3) is 5.69 Å². The van der Waals surface area contributed by atoms with Gasteiger partial charge in [-0.25, -0.2) is 9.67 Å². The molecular weight excluding hydrogens is 358 g/mol. The molecule has 1 aliphatic heterocycles. The number of imide groups is 1. The number of nitrogens with zero attached hydrogens (tertiary/aromatic N) is 4. The lowest BCUT2D eigenvalue weighted by atomic mass is 10.1. The molecule has 0 fully saturated rings. The number of anilines is 1. The largest absolute Gasteiger partial charge is 0.326 e. The highest BCUT2D eigenvalue weighted by Gasteiger charge is 2.35. The van der Waals surface area contributed by atoms with Crippen LogP contribution in [0.1, 0.15) is 32.7 Å². The molecular formula is C20H17N5O3. The summed E-state index contributed by atoms with van der Waals surface area (Å²) in [6.07, 6.45) is 3.04. The molecule has 3 amide bonds. The summed E-state index contributed by atoms with van der Waals surface area (Å²) >= 11 is 0. The highest BCUT2D eigenvalue weighted by atomic mass is 16.2. The Balaban J connectivity index is 1.36. The second-order valence-electron chi connectivity index (χ2n) is 6.50. The van der Waals surface area contributed by atoms with Gasteiger partial charge in [0.05, 0.1) is 16.8 Å². The Morgan fingerprint density at radius 2 is 1.79 bits per heavy atom. The molecule has 2 heterocycles. The van der Waals surface area contributed by atoms with Gasteiger partial charge < -0.3 is 5.32 Å². The van der Waals surface area contributed by atoms with Crippen LogP contribution < -0.4 is 5.32 Å². The van der Waals surface area contributed by atoms with Crippen molar-refractivity contribution < 1.29 is 14.4 Å². The van der Waals surface area contributed by atoms with Gasteiger partial charge >= 0.3 is 0 Å². The van der Waals surface area contributed by atoms with Crippen LogP contribution >= 0.6 is 0 Å². The summed E-state index contributed by atoms with van der Waals surface area (Å²) in [6.45, 7) is 1.90. The predicted molar refractivity (Wildman–Crippen MR) is 101 cm³/mol. The summed E-state index contributed by atoms with van der Waals surface area (Å²) in [5.41, 5.74) is 3.13. The second-order valence-corrected chi connectivity index (χ2v) is 6.50. The van der Waals surface area contributed by atoms with E-state index in [1.165, 1.54) is 6.33 Å². The molecule has 0 atom stereocenters. The summed E-state index contributed by atoms with van der Waals surface area (Å²) < 4.78 is 1.61. The molecule has 0 saturated carbocycles. The molecule has 0 aliphatic carbocycles. The van der Waals surface area contributed by atoms with Gasteiger partial charge in [-0.05, 0) is 43.3 Å². The summed E-state index contributed by atoms with van der Waals surface area (Å²) in [5, 5.41) is 6.80. The van der Waals surface area contributed by atoms with Crippen molar-refractivity contribution in [2.45, 2.75) is 13.3 Å². The standard InChI is InChI=1S/C20H17N5O3/c1-13-2-7-16-17(10-13)20(28)24(19(16)27)9-8-18(26)23-14-3-5-15(6-4-14)25-12-21-11-22-25/h2-7,10-12H,8-9H2,1H3,(H,23,26). The van der Waals surface area contributed by atoms with E-state index in [1.54, 1.807) is 53.5 Å². The van der Waals surface area contributed by atoms with Crippen LogP contribution in [0.5, 0.6) is 0 Å². The number of amides is 3. The lowest BCUT2D eigenvalue weighted by molar-refractivity contribution is -0.116. The lowest BCUT2D eigenvalue weighted by Crippen LogP contribution is -2.32. The Morgan fingerprint density at radius 3 is 2.50 bits per heavy atom. The number of fused-ring (bicyclic) bond motifs is 1. The quantitative estimate of drug-likeness (QED) is 0.690. The van der Waals surface area contributed by atoms with Gasteiger partial charge in [0.15, 0.2) is 0 Å². The van der Waals surface area contributed by atoms with Crippen molar-refractivity contribution in [3.63, 3.8) is 0 Å².